The highest BCUT2D eigenvalue weighted by atomic mass is 15.1. The Morgan fingerprint density at radius 3 is 2.87 bits per heavy atom. The van der Waals surface area contributed by atoms with Crippen LogP contribution in [0.4, 0.5) is 0 Å². The van der Waals surface area contributed by atoms with E-state index >= 15 is 0 Å². The SMILES string of the molecule is C#CCNCC(C)n1ccnc1C(C)C. The van der Waals surface area contributed by atoms with Crippen LogP contribution in [0.3, 0.4) is 0 Å². The van der Waals surface area contributed by atoms with Gasteiger partial charge in [-0.15, -0.1) is 6.42 Å². The minimum Gasteiger partial charge on any atom is -0.331 e. The van der Waals surface area contributed by atoms with Crippen molar-refractivity contribution in [1.29, 1.82) is 0 Å². The number of hydrogen-bond acceptors (Lipinski definition) is 2. The Morgan fingerprint density at radius 2 is 2.27 bits per heavy atom. The van der Waals surface area contributed by atoms with Crippen LogP contribution >= 0.6 is 0 Å². The highest BCUT2D eigenvalue weighted by Crippen LogP contribution is 2.16. The topological polar surface area (TPSA) is 29.9 Å². The third-order valence-corrected chi connectivity index (χ3v) is 2.36. The Kier molecular flexibility index (Phi) is 4.38. The van der Waals surface area contributed by atoms with Crippen molar-refractivity contribution >= 4 is 0 Å². The summed E-state index contributed by atoms with van der Waals surface area (Å²) in [7, 11) is 0. The number of rotatable bonds is 5. The average molecular weight is 205 g/mol. The maximum absolute atomic E-state index is 5.18. The summed E-state index contributed by atoms with van der Waals surface area (Å²) >= 11 is 0. The molecule has 0 radical (unpaired) electrons. The molecule has 0 fully saturated rings. The Balaban J connectivity index is 2.61. The van der Waals surface area contributed by atoms with Crippen LogP contribution in [0.2, 0.25) is 0 Å². The molecule has 0 saturated carbocycles. The van der Waals surface area contributed by atoms with E-state index in [1.54, 1.807) is 0 Å². The van der Waals surface area contributed by atoms with Crippen LogP contribution in [0.15, 0.2) is 12.4 Å². The molecule has 1 aromatic heterocycles. The van der Waals surface area contributed by atoms with Crippen LogP contribution in [0.5, 0.6) is 0 Å². The molecule has 0 bridgehead atoms. The second-order valence-corrected chi connectivity index (χ2v) is 4.03. The highest BCUT2D eigenvalue weighted by Gasteiger charge is 2.11. The van der Waals surface area contributed by atoms with Gasteiger partial charge in [-0.05, 0) is 6.92 Å². The maximum Gasteiger partial charge on any atom is 0.111 e. The zero-order valence-corrected chi connectivity index (χ0v) is 9.70. The van der Waals surface area contributed by atoms with Gasteiger partial charge in [-0.2, -0.15) is 0 Å². The largest absolute Gasteiger partial charge is 0.331 e. The normalized spacial score (nSPS) is 12.7. The monoisotopic (exact) mass is 205 g/mol. The van der Waals surface area contributed by atoms with Crippen molar-refractivity contribution in [1.82, 2.24) is 14.9 Å². The lowest BCUT2D eigenvalue weighted by Crippen LogP contribution is -2.24. The molecule has 15 heavy (non-hydrogen) atoms. The van der Waals surface area contributed by atoms with Gasteiger partial charge in [-0.1, -0.05) is 19.8 Å². The lowest BCUT2D eigenvalue weighted by atomic mass is 10.2. The predicted octanol–water partition coefficient (Wildman–Crippen LogP) is 1.79. The summed E-state index contributed by atoms with van der Waals surface area (Å²) in [6.07, 6.45) is 9.06. The van der Waals surface area contributed by atoms with E-state index in [1.165, 1.54) is 0 Å². The zero-order chi connectivity index (χ0) is 11.3. The van der Waals surface area contributed by atoms with Crippen LogP contribution in [0.1, 0.15) is 38.6 Å². The molecule has 3 nitrogen and oxygen atoms in total. The molecule has 0 aliphatic rings. The number of nitrogens with zero attached hydrogens (tertiary/aromatic N) is 2. The molecule has 0 amide bonds. The summed E-state index contributed by atoms with van der Waals surface area (Å²) in [4.78, 5) is 4.36. The van der Waals surface area contributed by atoms with Gasteiger partial charge in [0.05, 0.1) is 6.54 Å². The first kappa shape index (κ1) is 11.8. The van der Waals surface area contributed by atoms with Crippen LogP contribution < -0.4 is 5.32 Å². The second kappa shape index (κ2) is 5.57. The quantitative estimate of drug-likeness (QED) is 0.586. The summed E-state index contributed by atoms with van der Waals surface area (Å²) in [6.45, 7) is 7.97. The van der Waals surface area contributed by atoms with Crippen molar-refractivity contribution in [3.8, 4) is 12.3 Å². The Morgan fingerprint density at radius 1 is 1.53 bits per heavy atom. The van der Waals surface area contributed by atoms with E-state index in [2.05, 4.69) is 41.6 Å². The second-order valence-electron chi connectivity index (χ2n) is 4.03. The van der Waals surface area contributed by atoms with Crippen molar-refractivity contribution in [2.24, 2.45) is 0 Å². The van der Waals surface area contributed by atoms with E-state index in [0.717, 1.165) is 12.4 Å². The molecule has 1 N–H and O–H groups in total. The minimum atomic E-state index is 0.387. The van der Waals surface area contributed by atoms with Crippen molar-refractivity contribution in [3.05, 3.63) is 18.2 Å². The van der Waals surface area contributed by atoms with Gasteiger partial charge in [0.25, 0.3) is 0 Å². The van der Waals surface area contributed by atoms with Gasteiger partial charge >= 0.3 is 0 Å². The zero-order valence-electron chi connectivity index (χ0n) is 9.70. The maximum atomic E-state index is 5.18. The fourth-order valence-corrected chi connectivity index (χ4v) is 1.60. The molecule has 82 valence electrons. The van der Waals surface area contributed by atoms with E-state index in [9.17, 15) is 0 Å². The van der Waals surface area contributed by atoms with Crippen molar-refractivity contribution < 1.29 is 0 Å². The van der Waals surface area contributed by atoms with Crippen molar-refractivity contribution in [3.63, 3.8) is 0 Å². The molecule has 0 aliphatic heterocycles. The number of aromatic nitrogens is 2. The number of nitrogens with one attached hydrogen (secondary N) is 1. The van der Waals surface area contributed by atoms with Gasteiger partial charge in [0.2, 0.25) is 0 Å². The molecule has 1 rings (SSSR count). The Bertz CT molecular complexity index is 333. The summed E-state index contributed by atoms with van der Waals surface area (Å²) < 4.78 is 2.20. The number of hydrogen-bond donors (Lipinski definition) is 1. The van der Waals surface area contributed by atoms with Gasteiger partial charge in [0.15, 0.2) is 0 Å². The Labute approximate surface area is 91.9 Å². The van der Waals surface area contributed by atoms with Crippen LogP contribution in [0, 0.1) is 12.3 Å². The molecule has 0 spiro atoms. The fraction of sp³-hybridized carbons (Fsp3) is 0.583. The van der Waals surface area contributed by atoms with E-state index in [4.69, 9.17) is 6.42 Å². The molecule has 0 aliphatic carbocycles. The first-order chi connectivity index (χ1) is 7.16. The summed E-state index contributed by atoms with van der Waals surface area (Å²) in [6, 6.07) is 0.387. The lowest BCUT2D eigenvalue weighted by molar-refractivity contribution is 0.482. The van der Waals surface area contributed by atoms with Gasteiger partial charge in [-0.3, -0.25) is 0 Å². The first-order valence-electron chi connectivity index (χ1n) is 5.33. The van der Waals surface area contributed by atoms with Crippen LogP contribution in [0.25, 0.3) is 0 Å². The highest BCUT2D eigenvalue weighted by molar-refractivity contribution is 5.00. The van der Waals surface area contributed by atoms with Gasteiger partial charge in [0.1, 0.15) is 5.82 Å². The van der Waals surface area contributed by atoms with E-state index in [-0.39, 0.29) is 0 Å². The lowest BCUT2D eigenvalue weighted by Gasteiger charge is -2.18. The van der Waals surface area contributed by atoms with E-state index in [0.29, 0.717) is 18.5 Å². The molecule has 3 heteroatoms. The summed E-state index contributed by atoms with van der Waals surface area (Å²) in [5.41, 5.74) is 0. The third kappa shape index (κ3) is 3.10. The van der Waals surface area contributed by atoms with Gasteiger partial charge in [-0.25, -0.2) is 4.98 Å². The van der Waals surface area contributed by atoms with Crippen molar-refractivity contribution in [2.45, 2.75) is 32.7 Å². The Hall–Kier alpha value is -1.27. The number of imidazole rings is 1. The molecule has 1 heterocycles. The smallest absolute Gasteiger partial charge is 0.111 e. The van der Waals surface area contributed by atoms with E-state index < -0.39 is 0 Å². The first-order valence-corrected chi connectivity index (χ1v) is 5.33. The van der Waals surface area contributed by atoms with Gasteiger partial charge < -0.3 is 9.88 Å². The molecule has 0 aromatic carbocycles. The molecule has 0 saturated heterocycles. The third-order valence-electron chi connectivity index (χ3n) is 2.36. The summed E-state index contributed by atoms with van der Waals surface area (Å²) in [5, 5.41) is 3.20. The van der Waals surface area contributed by atoms with Crippen molar-refractivity contribution in [2.75, 3.05) is 13.1 Å². The number of terminal acetylenes is 1. The average Bonchev–Trinajstić information content (AvgIpc) is 2.66. The molecular weight excluding hydrogens is 186 g/mol. The van der Waals surface area contributed by atoms with E-state index in [1.807, 2.05) is 12.4 Å². The summed E-state index contributed by atoms with van der Waals surface area (Å²) in [5.74, 6) is 4.15. The standard InChI is InChI=1S/C12H19N3/c1-5-6-13-9-11(4)15-8-7-14-12(15)10(2)3/h1,7-8,10-11,13H,6,9H2,2-4H3. The van der Waals surface area contributed by atoms with Crippen LogP contribution in [-0.4, -0.2) is 22.6 Å². The molecular formula is C12H19N3. The van der Waals surface area contributed by atoms with Gasteiger partial charge in [0, 0.05) is 30.9 Å². The predicted molar refractivity (Wildman–Crippen MR) is 62.7 cm³/mol. The minimum absolute atomic E-state index is 0.387. The van der Waals surface area contributed by atoms with Crippen LogP contribution in [-0.2, 0) is 0 Å². The molecule has 1 unspecified atom stereocenters. The molecule has 1 atom stereocenters. The molecule has 1 aromatic rings. The fourth-order valence-electron chi connectivity index (χ4n) is 1.60.